The van der Waals surface area contributed by atoms with Crippen molar-refractivity contribution in [2.75, 3.05) is 11.8 Å². The zero-order chi connectivity index (χ0) is 15.5. The highest BCUT2D eigenvalue weighted by atomic mass is 35.5. The van der Waals surface area contributed by atoms with Crippen LogP contribution in [0.3, 0.4) is 0 Å². The molecule has 0 heterocycles. The zero-order valence-corrected chi connectivity index (χ0v) is 13.9. The van der Waals surface area contributed by atoms with Crippen LogP contribution in [0.1, 0.15) is 16.7 Å². The van der Waals surface area contributed by atoms with E-state index in [1.54, 1.807) is 6.07 Å². The van der Waals surface area contributed by atoms with Crippen molar-refractivity contribution in [3.63, 3.8) is 0 Å². The van der Waals surface area contributed by atoms with Gasteiger partial charge >= 0.3 is 0 Å². The lowest BCUT2D eigenvalue weighted by Crippen LogP contribution is -2.34. The van der Waals surface area contributed by atoms with Crippen molar-refractivity contribution in [3.05, 3.63) is 70.0 Å². The molecule has 0 atom stereocenters. The summed E-state index contributed by atoms with van der Waals surface area (Å²) in [6.07, 6.45) is 0.573. The predicted molar refractivity (Wildman–Crippen MR) is 89.4 cm³/mol. The number of hydrogen-bond acceptors (Lipinski definition) is 0. The van der Waals surface area contributed by atoms with Gasteiger partial charge in [-0.25, -0.2) is 4.39 Å². The summed E-state index contributed by atoms with van der Waals surface area (Å²) in [4.78, 5) is 0. The molecule has 0 amide bonds. The molecule has 0 aliphatic rings. The minimum Gasteiger partial charge on any atom is -0.207 e. The largest absolute Gasteiger partial charge is 0.207 e. The second-order valence-corrected chi connectivity index (χ2v) is 6.22. The molecule has 0 saturated heterocycles. The Bertz CT molecular complexity index is 621. The van der Waals surface area contributed by atoms with Crippen molar-refractivity contribution in [3.8, 4) is 0 Å². The summed E-state index contributed by atoms with van der Waals surface area (Å²) in [5, 5.41) is 0.406. The Balaban J connectivity index is 2.46. The standard InChI is InChI=1S/C17H16Cl3F/c1-12-4-2-3-5-15(12)17(10-18,11-19)9-13-6-7-14(21)8-16(13)20/h2-8H,9-11H2,1H3. The van der Waals surface area contributed by atoms with E-state index in [1.165, 1.54) is 12.1 Å². The van der Waals surface area contributed by atoms with Gasteiger partial charge in [-0.15, -0.1) is 23.2 Å². The molecule has 4 heteroatoms. The fourth-order valence-corrected chi connectivity index (χ4v) is 3.56. The van der Waals surface area contributed by atoms with E-state index in [9.17, 15) is 4.39 Å². The predicted octanol–water partition coefficient (Wildman–Crippen LogP) is 5.75. The lowest BCUT2D eigenvalue weighted by Gasteiger charge is -2.32. The summed E-state index contributed by atoms with van der Waals surface area (Å²) < 4.78 is 13.2. The van der Waals surface area contributed by atoms with Crippen molar-refractivity contribution in [2.45, 2.75) is 18.8 Å². The molecule has 0 bridgehead atoms. The first-order chi connectivity index (χ1) is 10.0. The summed E-state index contributed by atoms with van der Waals surface area (Å²) in [5.41, 5.74) is 2.67. The maximum atomic E-state index is 13.2. The molecular weight excluding hydrogens is 330 g/mol. The SMILES string of the molecule is Cc1ccccc1C(CCl)(CCl)Cc1ccc(F)cc1Cl. The van der Waals surface area contributed by atoms with E-state index in [0.29, 0.717) is 23.2 Å². The quantitative estimate of drug-likeness (QED) is 0.606. The lowest BCUT2D eigenvalue weighted by atomic mass is 9.77. The van der Waals surface area contributed by atoms with E-state index in [-0.39, 0.29) is 5.82 Å². The topological polar surface area (TPSA) is 0 Å². The molecule has 0 saturated carbocycles. The lowest BCUT2D eigenvalue weighted by molar-refractivity contribution is 0.532. The van der Waals surface area contributed by atoms with Crippen LogP contribution < -0.4 is 0 Å². The Morgan fingerprint density at radius 2 is 1.71 bits per heavy atom. The van der Waals surface area contributed by atoms with E-state index in [1.807, 2.05) is 31.2 Å². The molecule has 21 heavy (non-hydrogen) atoms. The van der Waals surface area contributed by atoms with E-state index >= 15 is 0 Å². The van der Waals surface area contributed by atoms with Crippen LogP contribution in [0.5, 0.6) is 0 Å². The van der Waals surface area contributed by atoms with Gasteiger partial charge in [0.1, 0.15) is 5.82 Å². The Morgan fingerprint density at radius 1 is 1.05 bits per heavy atom. The first-order valence-electron chi connectivity index (χ1n) is 6.64. The Morgan fingerprint density at radius 3 is 2.29 bits per heavy atom. The fraction of sp³-hybridized carbons (Fsp3) is 0.294. The van der Waals surface area contributed by atoms with E-state index in [4.69, 9.17) is 34.8 Å². The van der Waals surface area contributed by atoms with Gasteiger partial charge in [-0.05, 0) is 42.2 Å². The number of aryl methyl sites for hydroxylation is 1. The molecule has 0 unspecified atom stereocenters. The fourth-order valence-electron chi connectivity index (χ4n) is 2.57. The maximum absolute atomic E-state index is 13.2. The summed E-state index contributed by atoms with van der Waals surface area (Å²) in [6, 6.07) is 12.5. The Kier molecular flexibility index (Phi) is 5.54. The van der Waals surface area contributed by atoms with E-state index in [0.717, 1.165) is 16.7 Å². The molecule has 0 spiro atoms. The number of hydrogen-bond donors (Lipinski definition) is 0. The van der Waals surface area contributed by atoms with Crippen LogP contribution in [0.25, 0.3) is 0 Å². The Labute approximate surface area is 139 Å². The van der Waals surface area contributed by atoms with Gasteiger partial charge in [0.15, 0.2) is 0 Å². The summed E-state index contributed by atoms with van der Waals surface area (Å²) in [5.74, 6) is 0.395. The van der Waals surface area contributed by atoms with Gasteiger partial charge in [-0.3, -0.25) is 0 Å². The monoisotopic (exact) mass is 344 g/mol. The van der Waals surface area contributed by atoms with Gasteiger partial charge in [-0.1, -0.05) is 41.9 Å². The van der Waals surface area contributed by atoms with Crippen molar-refractivity contribution in [1.29, 1.82) is 0 Å². The molecule has 2 aromatic rings. The molecule has 2 rings (SSSR count). The second kappa shape index (κ2) is 7.00. The van der Waals surface area contributed by atoms with Crippen LogP contribution in [0.4, 0.5) is 4.39 Å². The van der Waals surface area contributed by atoms with Crippen molar-refractivity contribution in [2.24, 2.45) is 0 Å². The van der Waals surface area contributed by atoms with Crippen LogP contribution in [0.15, 0.2) is 42.5 Å². The molecule has 0 nitrogen and oxygen atoms in total. The van der Waals surface area contributed by atoms with Gasteiger partial charge in [0.2, 0.25) is 0 Å². The maximum Gasteiger partial charge on any atom is 0.124 e. The number of halogens is 4. The first kappa shape index (κ1) is 16.6. The molecular formula is C17H16Cl3F. The van der Waals surface area contributed by atoms with Gasteiger partial charge in [-0.2, -0.15) is 0 Å². The summed E-state index contributed by atoms with van der Waals surface area (Å²) in [6.45, 7) is 2.04. The molecule has 112 valence electrons. The highest BCUT2D eigenvalue weighted by Gasteiger charge is 2.33. The third-order valence-corrected chi connectivity index (χ3v) is 5.15. The first-order valence-corrected chi connectivity index (χ1v) is 8.09. The normalized spacial score (nSPS) is 11.7. The van der Waals surface area contributed by atoms with Crippen molar-refractivity contribution in [1.82, 2.24) is 0 Å². The third kappa shape index (κ3) is 3.53. The number of rotatable bonds is 5. The number of benzene rings is 2. The minimum atomic E-state index is -0.421. The van der Waals surface area contributed by atoms with Gasteiger partial charge < -0.3 is 0 Å². The Hall–Kier alpha value is -0.760. The van der Waals surface area contributed by atoms with Gasteiger partial charge in [0, 0.05) is 22.2 Å². The molecule has 0 radical (unpaired) electrons. The number of alkyl halides is 2. The average Bonchev–Trinajstić information content (AvgIpc) is 2.48. The van der Waals surface area contributed by atoms with Crippen molar-refractivity contribution >= 4 is 34.8 Å². The van der Waals surface area contributed by atoms with Crippen molar-refractivity contribution < 1.29 is 4.39 Å². The summed E-state index contributed by atoms with van der Waals surface area (Å²) in [7, 11) is 0. The molecule has 0 aliphatic carbocycles. The van der Waals surface area contributed by atoms with Gasteiger partial charge in [0.05, 0.1) is 0 Å². The van der Waals surface area contributed by atoms with E-state index < -0.39 is 5.41 Å². The van der Waals surface area contributed by atoms with Crippen LogP contribution in [0, 0.1) is 12.7 Å². The molecule has 2 aromatic carbocycles. The van der Waals surface area contributed by atoms with Crippen LogP contribution in [-0.4, -0.2) is 11.8 Å². The third-order valence-electron chi connectivity index (χ3n) is 3.77. The molecule has 0 aliphatic heterocycles. The zero-order valence-electron chi connectivity index (χ0n) is 11.7. The summed E-state index contributed by atoms with van der Waals surface area (Å²) >= 11 is 18.7. The van der Waals surface area contributed by atoms with Crippen LogP contribution in [-0.2, 0) is 11.8 Å². The highest BCUT2D eigenvalue weighted by Crippen LogP contribution is 2.35. The molecule has 0 aromatic heterocycles. The van der Waals surface area contributed by atoms with E-state index in [2.05, 4.69) is 0 Å². The smallest absolute Gasteiger partial charge is 0.124 e. The van der Waals surface area contributed by atoms with Crippen LogP contribution in [0.2, 0.25) is 5.02 Å². The minimum absolute atomic E-state index is 0.345. The molecule has 0 N–H and O–H groups in total. The van der Waals surface area contributed by atoms with Crippen LogP contribution >= 0.6 is 34.8 Å². The second-order valence-electron chi connectivity index (χ2n) is 5.28. The molecule has 0 fully saturated rings. The highest BCUT2D eigenvalue weighted by molar-refractivity contribution is 6.31. The van der Waals surface area contributed by atoms with Gasteiger partial charge in [0.25, 0.3) is 0 Å². The average molecular weight is 346 g/mol.